The average Bonchev–Trinajstić information content (AvgIpc) is 3.18. The van der Waals surface area contributed by atoms with E-state index in [4.69, 9.17) is 0 Å². The van der Waals surface area contributed by atoms with Crippen molar-refractivity contribution in [1.29, 1.82) is 0 Å². The number of hydrogen-bond donors (Lipinski definition) is 3. The summed E-state index contributed by atoms with van der Waals surface area (Å²) >= 11 is 0. The van der Waals surface area contributed by atoms with Gasteiger partial charge in [0.2, 0.25) is 0 Å². The van der Waals surface area contributed by atoms with Gasteiger partial charge in [-0.2, -0.15) is 0 Å². The first-order chi connectivity index (χ1) is 12.5. The molecule has 3 aromatic rings. The van der Waals surface area contributed by atoms with Gasteiger partial charge in [0, 0.05) is 18.7 Å². The highest BCUT2D eigenvalue weighted by Crippen LogP contribution is 2.22. The van der Waals surface area contributed by atoms with E-state index in [0.29, 0.717) is 17.8 Å². The van der Waals surface area contributed by atoms with Crippen LogP contribution in [0.25, 0.3) is 5.65 Å². The minimum Gasteiger partial charge on any atom is -0.334 e. The van der Waals surface area contributed by atoms with Crippen molar-refractivity contribution in [2.45, 2.75) is 32.5 Å². The van der Waals surface area contributed by atoms with Crippen LogP contribution in [0.15, 0.2) is 42.6 Å². The molecule has 26 heavy (non-hydrogen) atoms. The molecule has 3 N–H and O–H groups in total. The Morgan fingerprint density at radius 2 is 2.12 bits per heavy atom. The highest BCUT2D eigenvalue weighted by Gasteiger charge is 2.28. The number of benzene rings is 1. The summed E-state index contributed by atoms with van der Waals surface area (Å²) in [5.74, 6) is -0.465. The van der Waals surface area contributed by atoms with E-state index in [1.807, 2.05) is 42.6 Å². The maximum atomic E-state index is 13.4. The molecule has 1 aliphatic rings. The van der Waals surface area contributed by atoms with Crippen molar-refractivity contribution in [2.24, 2.45) is 0 Å². The second-order valence-electron chi connectivity index (χ2n) is 6.64. The number of rotatable bonds is 3. The Morgan fingerprint density at radius 3 is 2.92 bits per heavy atom. The number of nitrogens with one attached hydrogen (secondary N) is 3. The molecule has 6 nitrogen and oxygen atoms in total. The third-order valence-corrected chi connectivity index (χ3v) is 4.62. The number of amides is 1. The fourth-order valence-electron chi connectivity index (χ4n) is 3.36. The van der Waals surface area contributed by atoms with Crippen LogP contribution in [0.5, 0.6) is 0 Å². The number of fused-ring (bicyclic) bond motifs is 1. The van der Waals surface area contributed by atoms with Gasteiger partial charge in [-0.3, -0.25) is 9.20 Å². The van der Waals surface area contributed by atoms with Gasteiger partial charge < -0.3 is 5.32 Å². The molecule has 1 fully saturated rings. The van der Waals surface area contributed by atoms with Gasteiger partial charge in [-0.25, -0.2) is 20.2 Å². The monoisotopic (exact) mass is 353 g/mol. The van der Waals surface area contributed by atoms with Gasteiger partial charge >= 0.3 is 0 Å². The minimum absolute atomic E-state index is 0.0680. The second-order valence-corrected chi connectivity index (χ2v) is 6.64. The molecule has 1 aromatic carbocycles. The Bertz CT molecular complexity index is 983. The Kier molecular flexibility index (Phi) is 4.18. The molecular weight excluding hydrogens is 333 g/mol. The summed E-state index contributed by atoms with van der Waals surface area (Å²) in [4.78, 5) is 17.3. The van der Waals surface area contributed by atoms with Crippen LogP contribution in [0.2, 0.25) is 0 Å². The quantitative estimate of drug-likeness (QED) is 0.676. The van der Waals surface area contributed by atoms with E-state index < -0.39 is 0 Å². The molecule has 134 valence electrons. The number of carbonyl (C=O) groups excluding carboxylic acids is 1. The van der Waals surface area contributed by atoms with Crippen molar-refractivity contribution in [3.63, 3.8) is 0 Å². The van der Waals surface area contributed by atoms with E-state index in [9.17, 15) is 9.18 Å². The van der Waals surface area contributed by atoms with Gasteiger partial charge in [0.1, 0.15) is 17.2 Å². The lowest BCUT2D eigenvalue weighted by molar-refractivity contribution is 0.0925. The van der Waals surface area contributed by atoms with Crippen LogP contribution in [0, 0.1) is 19.7 Å². The summed E-state index contributed by atoms with van der Waals surface area (Å²) < 4.78 is 15.2. The topological polar surface area (TPSA) is 70.5 Å². The molecular formula is C19H20FN5O. The third kappa shape index (κ3) is 3.07. The lowest BCUT2D eigenvalue weighted by atomic mass is 10.0. The first-order valence-corrected chi connectivity index (χ1v) is 8.54. The standard InChI is InChI=1S/C19H20FN5O/c1-11-6-7-17-21-12(2)18(25(17)10-11)19(26)22-16-9-15(23-24-16)13-4-3-5-14(20)8-13/h3-8,10,15-16,23-24H,9H2,1-2H3,(H,22,26). The summed E-state index contributed by atoms with van der Waals surface area (Å²) in [6.07, 6.45) is 2.26. The van der Waals surface area contributed by atoms with E-state index in [2.05, 4.69) is 21.2 Å². The van der Waals surface area contributed by atoms with Crippen LogP contribution in [0.4, 0.5) is 4.39 Å². The summed E-state index contributed by atoms with van der Waals surface area (Å²) in [5.41, 5.74) is 10.0. The molecule has 0 aliphatic carbocycles. The van der Waals surface area contributed by atoms with E-state index in [0.717, 1.165) is 16.8 Å². The zero-order valence-electron chi connectivity index (χ0n) is 14.6. The fraction of sp³-hybridized carbons (Fsp3) is 0.263. The largest absolute Gasteiger partial charge is 0.334 e. The average molecular weight is 353 g/mol. The van der Waals surface area contributed by atoms with Gasteiger partial charge in [0.05, 0.1) is 11.9 Å². The fourth-order valence-corrected chi connectivity index (χ4v) is 3.36. The Hall–Kier alpha value is -2.77. The molecule has 2 atom stereocenters. The highest BCUT2D eigenvalue weighted by molar-refractivity contribution is 5.94. The second kappa shape index (κ2) is 6.51. The van der Waals surface area contributed by atoms with Crippen LogP contribution in [0.3, 0.4) is 0 Å². The lowest BCUT2D eigenvalue weighted by Gasteiger charge is -2.13. The van der Waals surface area contributed by atoms with Crippen LogP contribution >= 0.6 is 0 Å². The predicted octanol–water partition coefficient (Wildman–Crippen LogP) is 2.39. The van der Waals surface area contributed by atoms with Crippen LogP contribution in [0.1, 0.15) is 39.8 Å². The summed E-state index contributed by atoms with van der Waals surface area (Å²) in [5, 5.41) is 2.98. The van der Waals surface area contributed by atoms with Crippen molar-refractivity contribution >= 4 is 11.6 Å². The number of nitrogens with zero attached hydrogens (tertiary/aromatic N) is 2. The van der Waals surface area contributed by atoms with Crippen molar-refractivity contribution in [3.05, 3.63) is 70.9 Å². The molecule has 1 aliphatic heterocycles. The molecule has 7 heteroatoms. The molecule has 0 radical (unpaired) electrons. The summed E-state index contributed by atoms with van der Waals surface area (Å²) in [7, 11) is 0. The number of hydrogen-bond acceptors (Lipinski definition) is 4. The molecule has 1 amide bonds. The van der Waals surface area contributed by atoms with Crippen molar-refractivity contribution in [1.82, 2.24) is 25.6 Å². The Balaban J connectivity index is 1.51. The zero-order valence-corrected chi connectivity index (χ0v) is 14.6. The van der Waals surface area contributed by atoms with Crippen molar-refractivity contribution in [2.75, 3.05) is 0 Å². The number of pyridine rings is 1. The maximum Gasteiger partial charge on any atom is 0.271 e. The van der Waals surface area contributed by atoms with E-state index in [1.165, 1.54) is 12.1 Å². The predicted molar refractivity (Wildman–Crippen MR) is 95.9 cm³/mol. The first kappa shape index (κ1) is 16.7. The number of hydrazine groups is 1. The molecule has 2 aromatic heterocycles. The van der Waals surface area contributed by atoms with Gasteiger partial charge in [0.15, 0.2) is 0 Å². The summed E-state index contributed by atoms with van der Waals surface area (Å²) in [6.45, 7) is 3.80. The normalized spacial score (nSPS) is 19.8. The minimum atomic E-state index is -0.270. The SMILES string of the molecule is Cc1ccc2nc(C)c(C(=O)NC3CC(c4cccc(F)c4)NN3)n2c1. The molecule has 2 unspecified atom stereocenters. The van der Waals surface area contributed by atoms with Gasteiger partial charge in [-0.15, -0.1) is 0 Å². The smallest absolute Gasteiger partial charge is 0.271 e. The number of aromatic nitrogens is 2. The molecule has 4 rings (SSSR count). The molecule has 0 spiro atoms. The lowest BCUT2D eigenvalue weighted by Crippen LogP contribution is -2.44. The first-order valence-electron chi connectivity index (χ1n) is 8.54. The van der Waals surface area contributed by atoms with Crippen LogP contribution in [-0.4, -0.2) is 21.5 Å². The van der Waals surface area contributed by atoms with E-state index in [1.54, 1.807) is 6.07 Å². The Labute approximate surface area is 150 Å². The number of carbonyl (C=O) groups is 1. The van der Waals surface area contributed by atoms with Crippen LogP contribution < -0.4 is 16.2 Å². The van der Waals surface area contributed by atoms with Gasteiger partial charge in [-0.05, 0) is 43.2 Å². The molecule has 1 saturated heterocycles. The van der Waals surface area contributed by atoms with Gasteiger partial charge in [-0.1, -0.05) is 18.2 Å². The van der Waals surface area contributed by atoms with Crippen molar-refractivity contribution < 1.29 is 9.18 Å². The third-order valence-electron chi connectivity index (χ3n) is 4.62. The van der Waals surface area contributed by atoms with E-state index in [-0.39, 0.29) is 23.9 Å². The van der Waals surface area contributed by atoms with Crippen LogP contribution in [-0.2, 0) is 0 Å². The van der Waals surface area contributed by atoms with Crippen molar-refractivity contribution in [3.8, 4) is 0 Å². The van der Waals surface area contributed by atoms with Gasteiger partial charge in [0.25, 0.3) is 5.91 Å². The number of halogens is 1. The summed E-state index contributed by atoms with van der Waals surface area (Å²) in [6, 6.07) is 10.3. The molecule has 0 bridgehead atoms. The zero-order chi connectivity index (χ0) is 18.3. The molecule has 3 heterocycles. The van der Waals surface area contributed by atoms with E-state index >= 15 is 0 Å². The maximum absolute atomic E-state index is 13.4. The number of imidazole rings is 1. The Morgan fingerprint density at radius 1 is 1.27 bits per heavy atom. The highest BCUT2D eigenvalue weighted by atomic mass is 19.1. The molecule has 0 saturated carbocycles. The number of aryl methyl sites for hydroxylation is 2.